The number of aryl methyl sites for hydroxylation is 2. The summed E-state index contributed by atoms with van der Waals surface area (Å²) >= 11 is 0. The Labute approximate surface area is 137 Å². The van der Waals surface area contributed by atoms with Gasteiger partial charge in [0.2, 0.25) is 5.91 Å². The summed E-state index contributed by atoms with van der Waals surface area (Å²) in [6, 6.07) is 15.6. The molecule has 0 radical (unpaired) electrons. The van der Waals surface area contributed by atoms with E-state index < -0.39 is 6.04 Å². The Hall–Kier alpha value is -2.17. The van der Waals surface area contributed by atoms with Crippen molar-refractivity contribution >= 4 is 11.6 Å². The number of amides is 1. The summed E-state index contributed by atoms with van der Waals surface area (Å²) < 4.78 is 0. The van der Waals surface area contributed by atoms with E-state index in [2.05, 4.69) is 0 Å². The van der Waals surface area contributed by atoms with E-state index in [4.69, 9.17) is 0 Å². The summed E-state index contributed by atoms with van der Waals surface area (Å²) in [6.07, 6.45) is 0. The van der Waals surface area contributed by atoms with Crippen molar-refractivity contribution in [2.75, 3.05) is 18.2 Å². The largest absolute Gasteiger partial charge is 0.394 e. The van der Waals surface area contributed by atoms with Crippen molar-refractivity contribution in [2.45, 2.75) is 26.4 Å². The molecule has 120 valence electrons. The van der Waals surface area contributed by atoms with Gasteiger partial charge in [-0.05, 0) is 30.5 Å². The Morgan fingerprint density at radius 1 is 1.04 bits per heavy atom. The molecule has 4 nitrogen and oxygen atoms in total. The number of nitrogens with zero attached hydrogens (tertiary/aromatic N) is 2. The average Bonchev–Trinajstić information content (AvgIpc) is 2.84. The van der Waals surface area contributed by atoms with Gasteiger partial charge in [-0.1, -0.05) is 48.5 Å². The van der Waals surface area contributed by atoms with Crippen molar-refractivity contribution in [2.24, 2.45) is 0 Å². The van der Waals surface area contributed by atoms with Gasteiger partial charge >= 0.3 is 0 Å². The average molecular weight is 310 g/mol. The van der Waals surface area contributed by atoms with Gasteiger partial charge in [0.25, 0.3) is 0 Å². The predicted octanol–water partition coefficient (Wildman–Crippen LogP) is 2.47. The lowest BCUT2D eigenvalue weighted by Crippen LogP contribution is -2.36. The summed E-state index contributed by atoms with van der Waals surface area (Å²) in [5, 5.41) is 9.70. The predicted molar refractivity (Wildman–Crippen MR) is 91.1 cm³/mol. The van der Waals surface area contributed by atoms with Crippen molar-refractivity contribution in [3.63, 3.8) is 0 Å². The van der Waals surface area contributed by atoms with Crippen LogP contribution in [0.4, 0.5) is 5.69 Å². The SMILES string of the molecule is Cc1cccc(C)c1N1CN(Cc2ccccc2)[C@@H](CO)C1=O. The Kier molecular flexibility index (Phi) is 4.46. The maximum absolute atomic E-state index is 12.8. The summed E-state index contributed by atoms with van der Waals surface area (Å²) in [4.78, 5) is 16.6. The Bertz CT molecular complexity index is 680. The standard InChI is InChI=1S/C19H22N2O2/c1-14-7-6-8-15(2)18(14)21-13-20(17(12-22)19(21)23)11-16-9-4-3-5-10-16/h3-10,17,22H,11-13H2,1-2H3/t17-/m0/s1. The molecule has 0 aromatic heterocycles. The van der Waals surface area contributed by atoms with E-state index >= 15 is 0 Å². The van der Waals surface area contributed by atoms with Crippen molar-refractivity contribution in [3.05, 3.63) is 65.2 Å². The molecule has 1 amide bonds. The first-order valence-corrected chi connectivity index (χ1v) is 7.88. The highest BCUT2D eigenvalue weighted by Gasteiger charge is 2.39. The van der Waals surface area contributed by atoms with Gasteiger partial charge in [-0.2, -0.15) is 0 Å². The van der Waals surface area contributed by atoms with E-state index in [0.717, 1.165) is 22.4 Å². The number of hydrogen-bond donors (Lipinski definition) is 1. The zero-order chi connectivity index (χ0) is 16.4. The molecule has 4 heteroatoms. The molecule has 1 aliphatic heterocycles. The van der Waals surface area contributed by atoms with Crippen LogP contribution in [0.15, 0.2) is 48.5 Å². The highest BCUT2D eigenvalue weighted by Crippen LogP contribution is 2.30. The van der Waals surface area contributed by atoms with Crippen LogP contribution < -0.4 is 4.90 Å². The van der Waals surface area contributed by atoms with Crippen LogP contribution in [0.2, 0.25) is 0 Å². The van der Waals surface area contributed by atoms with E-state index in [9.17, 15) is 9.90 Å². The van der Waals surface area contributed by atoms with Crippen molar-refractivity contribution in [1.82, 2.24) is 4.90 Å². The maximum atomic E-state index is 12.8. The minimum Gasteiger partial charge on any atom is -0.394 e. The number of anilines is 1. The molecule has 0 aliphatic carbocycles. The molecule has 1 fully saturated rings. The van der Waals surface area contributed by atoms with Crippen LogP contribution in [-0.4, -0.2) is 35.2 Å². The van der Waals surface area contributed by atoms with E-state index in [1.165, 1.54) is 0 Å². The Morgan fingerprint density at radius 3 is 2.30 bits per heavy atom. The molecular weight excluding hydrogens is 288 g/mol. The molecule has 0 bridgehead atoms. The number of aliphatic hydroxyl groups excluding tert-OH is 1. The number of benzene rings is 2. The molecule has 1 heterocycles. The van der Waals surface area contributed by atoms with Crippen molar-refractivity contribution < 1.29 is 9.90 Å². The molecule has 23 heavy (non-hydrogen) atoms. The Morgan fingerprint density at radius 2 is 1.70 bits per heavy atom. The first-order chi connectivity index (χ1) is 11.1. The van der Waals surface area contributed by atoms with E-state index in [1.54, 1.807) is 4.90 Å². The van der Waals surface area contributed by atoms with E-state index in [-0.39, 0.29) is 12.5 Å². The minimum atomic E-state index is -0.478. The van der Waals surface area contributed by atoms with Crippen molar-refractivity contribution in [1.29, 1.82) is 0 Å². The second-order valence-corrected chi connectivity index (χ2v) is 6.08. The smallest absolute Gasteiger partial charge is 0.247 e. The molecule has 1 aliphatic rings. The van der Waals surface area contributed by atoms with Crippen LogP contribution in [0.25, 0.3) is 0 Å². The number of carbonyl (C=O) groups excluding carboxylic acids is 1. The lowest BCUT2D eigenvalue weighted by molar-refractivity contribution is -0.120. The lowest BCUT2D eigenvalue weighted by Gasteiger charge is -2.22. The van der Waals surface area contributed by atoms with Gasteiger partial charge in [-0.25, -0.2) is 0 Å². The van der Waals surface area contributed by atoms with Crippen LogP contribution in [0.5, 0.6) is 0 Å². The number of carbonyl (C=O) groups is 1. The molecule has 0 unspecified atom stereocenters. The number of hydrogen-bond acceptors (Lipinski definition) is 3. The first kappa shape index (κ1) is 15.7. The summed E-state index contributed by atoms with van der Waals surface area (Å²) in [7, 11) is 0. The fourth-order valence-corrected chi connectivity index (χ4v) is 3.27. The second kappa shape index (κ2) is 6.52. The number of aliphatic hydroxyl groups is 1. The summed E-state index contributed by atoms with van der Waals surface area (Å²) in [5.41, 5.74) is 4.27. The van der Waals surface area contributed by atoms with Crippen LogP contribution in [0, 0.1) is 13.8 Å². The second-order valence-electron chi connectivity index (χ2n) is 6.08. The van der Waals surface area contributed by atoms with Crippen LogP contribution in [0.3, 0.4) is 0 Å². The zero-order valence-electron chi connectivity index (χ0n) is 13.6. The molecule has 2 aromatic carbocycles. The molecule has 0 spiro atoms. The van der Waals surface area contributed by atoms with E-state index in [0.29, 0.717) is 13.2 Å². The third kappa shape index (κ3) is 3.00. The number of rotatable bonds is 4. The Balaban J connectivity index is 1.89. The molecule has 0 saturated carbocycles. The normalized spacial score (nSPS) is 18.7. The third-order valence-electron chi connectivity index (χ3n) is 4.43. The van der Waals surface area contributed by atoms with Gasteiger partial charge in [-0.15, -0.1) is 0 Å². The molecule has 3 rings (SSSR count). The first-order valence-electron chi connectivity index (χ1n) is 7.88. The summed E-state index contributed by atoms with van der Waals surface area (Å²) in [6.45, 7) is 5.03. The molecule has 1 N–H and O–H groups in total. The molecule has 1 atom stereocenters. The van der Waals surface area contributed by atoms with Gasteiger partial charge in [0.15, 0.2) is 0 Å². The van der Waals surface area contributed by atoms with Gasteiger partial charge in [0.1, 0.15) is 6.04 Å². The third-order valence-corrected chi connectivity index (χ3v) is 4.43. The van der Waals surface area contributed by atoms with Gasteiger partial charge < -0.3 is 5.11 Å². The highest BCUT2D eigenvalue weighted by atomic mass is 16.3. The van der Waals surface area contributed by atoms with E-state index in [1.807, 2.05) is 67.3 Å². The molecule has 2 aromatic rings. The maximum Gasteiger partial charge on any atom is 0.247 e. The monoisotopic (exact) mass is 310 g/mol. The van der Waals surface area contributed by atoms with Gasteiger partial charge in [0, 0.05) is 6.54 Å². The fraction of sp³-hybridized carbons (Fsp3) is 0.316. The quantitative estimate of drug-likeness (QED) is 0.943. The van der Waals surface area contributed by atoms with Gasteiger partial charge in [-0.3, -0.25) is 14.6 Å². The summed E-state index contributed by atoms with van der Waals surface area (Å²) in [5.74, 6) is -0.0270. The highest BCUT2D eigenvalue weighted by molar-refractivity contribution is 6.00. The van der Waals surface area contributed by atoms with Crippen LogP contribution >= 0.6 is 0 Å². The van der Waals surface area contributed by atoms with Crippen LogP contribution in [-0.2, 0) is 11.3 Å². The van der Waals surface area contributed by atoms with Crippen molar-refractivity contribution in [3.8, 4) is 0 Å². The molecular formula is C19H22N2O2. The fourth-order valence-electron chi connectivity index (χ4n) is 3.27. The topological polar surface area (TPSA) is 43.8 Å². The lowest BCUT2D eigenvalue weighted by atomic mass is 10.1. The molecule has 1 saturated heterocycles. The van der Waals surface area contributed by atoms with Gasteiger partial charge in [0.05, 0.1) is 19.0 Å². The number of para-hydroxylation sites is 1. The van der Waals surface area contributed by atoms with Crippen LogP contribution in [0.1, 0.15) is 16.7 Å². The minimum absolute atomic E-state index is 0.0270. The zero-order valence-corrected chi connectivity index (χ0v) is 13.6.